The standard InChI is InChI=1S/C17H20FNO/c1-2-10-20-17-9-4-3-8-15(17)16(19)12-13-6-5-7-14(18)11-13/h3-9,11,16H,2,10,12,19H2,1H3. The average molecular weight is 273 g/mol. The van der Waals surface area contributed by atoms with Crippen molar-refractivity contribution in [3.63, 3.8) is 0 Å². The SMILES string of the molecule is CCCOc1ccccc1C(N)Cc1cccc(F)c1. The van der Waals surface area contributed by atoms with Crippen LogP contribution in [0.4, 0.5) is 4.39 Å². The van der Waals surface area contributed by atoms with Gasteiger partial charge in [0.05, 0.1) is 6.61 Å². The zero-order chi connectivity index (χ0) is 14.4. The van der Waals surface area contributed by atoms with Gasteiger partial charge in [-0.3, -0.25) is 0 Å². The number of hydrogen-bond acceptors (Lipinski definition) is 2. The molecule has 2 rings (SSSR count). The van der Waals surface area contributed by atoms with Crippen LogP contribution in [0.1, 0.15) is 30.5 Å². The molecular weight excluding hydrogens is 253 g/mol. The molecule has 0 amide bonds. The van der Waals surface area contributed by atoms with Crippen LogP contribution >= 0.6 is 0 Å². The molecule has 0 fully saturated rings. The molecule has 0 saturated heterocycles. The molecule has 1 atom stereocenters. The van der Waals surface area contributed by atoms with Gasteiger partial charge in [-0.25, -0.2) is 4.39 Å². The van der Waals surface area contributed by atoms with Crippen LogP contribution < -0.4 is 10.5 Å². The first-order valence-electron chi connectivity index (χ1n) is 6.92. The first kappa shape index (κ1) is 14.5. The summed E-state index contributed by atoms with van der Waals surface area (Å²) in [5, 5.41) is 0. The molecule has 0 radical (unpaired) electrons. The second kappa shape index (κ2) is 7.06. The second-order valence-corrected chi connectivity index (χ2v) is 4.83. The summed E-state index contributed by atoms with van der Waals surface area (Å²) in [6.45, 7) is 2.74. The molecule has 0 spiro atoms. The number of halogens is 1. The van der Waals surface area contributed by atoms with E-state index in [4.69, 9.17) is 10.5 Å². The molecule has 3 heteroatoms. The Kier molecular flexibility index (Phi) is 5.13. The number of rotatable bonds is 6. The van der Waals surface area contributed by atoms with E-state index in [1.54, 1.807) is 6.07 Å². The van der Waals surface area contributed by atoms with Gasteiger partial charge in [0.1, 0.15) is 11.6 Å². The number of benzene rings is 2. The van der Waals surface area contributed by atoms with Crippen molar-refractivity contribution in [2.75, 3.05) is 6.61 Å². The molecule has 0 aliphatic heterocycles. The van der Waals surface area contributed by atoms with Crippen LogP contribution in [-0.2, 0) is 6.42 Å². The maximum atomic E-state index is 13.2. The second-order valence-electron chi connectivity index (χ2n) is 4.83. The van der Waals surface area contributed by atoms with Gasteiger partial charge in [-0.15, -0.1) is 0 Å². The van der Waals surface area contributed by atoms with Gasteiger partial charge in [-0.05, 0) is 36.6 Å². The lowest BCUT2D eigenvalue weighted by atomic mass is 9.99. The third-order valence-electron chi connectivity index (χ3n) is 3.12. The minimum atomic E-state index is -0.231. The van der Waals surface area contributed by atoms with Crippen LogP contribution in [0.5, 0.6) is 5.75 Å². The summed E-state index contributed by atoms with van der Waals surface area (Å²) in [6.07, 6.45) is 1.54. The molecule has 2 aromatic rings. The summed E-state index contributed by atoms with van der Waals surface area (Å²) in [7, 11) is 0. The van der Waals surface area contributed by atoms with Crippen LogP contribution in [0.25, 0.3) is 0 Å². The zero-order valence-corrected chi connectivity index (χ0v) is 11.7. The Morgan fingerprint density at radius 2 is 1.95 bits per heavy atom. The van der Waals surface area contributed by atoms with Gasteiger partial charge in [0.2, 0.25) is 0 Å². The summed E-state index contributed by atoms with van der Waals surface area (Å²) < 4.78 is 18.9. The largest absolute Gasteiger partial charge is 0.493 e. The topological polar surface area (TPSA) is 35.2 Å². The van der Waals surface area contributed by atoms with Crippen molar-refractivity contribution >= 4 is 0 Å². The van der Waals surface area contributed by atoms with E-state index in [-0.39, 0.29) is 11.9 Å². The fourth-order valence-corrected chi connectivity index (χ4v) is 2.16. The monoisotopic (exact) mass is 273 g/mol. The van der Waals surface area contributed by atoms with Gasteiger partial charge in [-0.1, -0.05) is 37.3 Å². The Balaban J connectivity index is 2.14. The molecule has 0 saturated carbocycles. The Morgan fingerprint density at radius 3 is 2.70 bits per heavy atom. The summed E-state index contributed by atoms with van der Waals surface area (Å²) in [6, 6.07) is 14.1. The quantitative estimate of drug-likeness (QED) is 0.867. The number of nitrogens with two attached hydrogens (primary N) is 1. The maximum Gasteiger partial charge on any atom is 0.124 e. The fourth-order valence-electron chi connectivity index (χ4n) is 2.16. The first-order chi connectivity index (χ1) is 9.70. The zero-order valence-electron chi connectivity index (χ0n) is 11.7. The highest BCUT2D eigenvalue weighted by Gasteiger charge is 2.12. The molecule has 0 aromatic heterocycles. The van der Waals surface area contributed by atoms with E-state index in [1.807, 2.05) is 30.3 Å². The van der Waals surface area contributed by atoms with Crippen molar-refractivity contribution in [1.82, 2.24) is 0 Å². The highest BCUT2D eigenvalue weighted by atomic mass is 19.1. The number of ether oxygens (including phenoxy) is 1. The Morgan fingerprint density at radius 1 is 1.15 bits per heavy atom. The van der Waals surface area contributed by atoms with Crippen molar-refractivity contribution in [2.24, 2.45) is 5.73 Å². The summed E-state index contributed by atoms with van der Waals surface area (Å²) in [5.74, 6) is 0.587. The minimum Gasteiger partial charge on any atom is -0.493 e. The summed E-state index contributed by atoms with van der Waals surface area (Å²) in [4.78, 5) is 0. The third-order valence-corrected chi connectivity index (χ3v) is 3.12. The van der Waals surface area contributed by atoms with E-state index in [2.05, 4.69) is 6.92 Å². The lowest BCUT2D eigenvalue weighted by Gasteiger charge is -2.17. The fraction of sp³-hybridized carbons (Fsp3) is 0.294. The van der Waals surface area contributed by atoms with E-state index < -0.39 is 0 Å². The van der Waals surface area contributed by atoms with Crippen molar-refractivity contribution in [3.05, 3.63) is 65.5 Å². The van der Waals surface area contributed by atoms with E-state index in [0.29, 0.717) is 13.0 Å². The van der Waals surface area contributed by atoms with Gasteiger partial charge >= 0.3 is 0 Å². The van der Waals surface area contributed by atoms with E-state index in [9.17, 15) is 4.39 Å². The molecule has 2 aromatic carbocycles. The lowest BCUT2D eigenvalue weighted by molar-refractivity contribution is 0.312. The number of para-hydroxylation sites is 1. The average Bonchev–Trinajstić information content (AvgIpc) is 2.45. The van der Waals surface area contributed by atoms with Gasteiger partial charge in [0.15, 0.2) is 0 Å². The van der Waals surface area contributed by atoms with E-state index in [0.717, 1.165) is 23.3 Å². The van der Waals surface area contributed by atoms with E-state index in [1.165, 1.54) is 12.1 Å². The molecule has 2 N–H and O–H groups in total. The van der Waals surface area contributed by atoms with Crippen LogP contribution in [0.2, 0.25) is 0 Å². The van der Waals surface area contributed by atoms with Crippen LogP contribution in [0, 0.1) is 5.82 Å². The maximum absolute atomic E-state index is 13.2. The molecule has 106 valence electrons. The van der Waals surface area contributed by atoms with Crippen molar-refractivity contribution in [3.8, 4) is 5.75 Å². The van der Waals surface area contributed by atoms with Crippen molar-refractivity contribution < 1.29 is 9.13 Å². The van der Waals surface area contributed by atoms with Gasteiger partial charge in [0.25, 0.3) is 0 Å². The molecule has 0 aliphatic rings. The molecular formula is C17H20FNO. The third kappa shape index (κ3) is 3.81. The number of hydrogen-bond donors (Lipinski definition) is 1. The van der Waals surface area contributed by atoms with Crippen LogP contribution in [-0.4, -0.2) is 6.61 Å². The normalized spacial score (nSPS) is 12.2. The molecule has 2 nitrogen and oxygen atoms in total. The van der Waals surface area contributed by atoms with Crippen molar-refractivity contribution in [1.29, 1.82) is 0 Å². The van der Waals surface area contributed by atoms with Crippen LogP contribution in [0.15, 0.2) is 48.5 Å². The summed E-state index contributed by atoms with van der Waals surface area (Å²) >= 11 is 0. The van der Waals surface area contributed by atoms with Crippen molar-refractivity contribution in [2.45, 2.75) is 25.8 Å². The Labute approximate surface area is 119 Å². The smallest absolute Gasteiger partial charge is 0.124 e. The van der Waals surface area contributed by atoms with E-state index >= 15 is 0 Å². The Hall–Kier alpha value is -1.87. The predicted octanol–water partition coefficient (Wildman–Crippen LogP) is 3.86. The molecule has 20 heavy (non-hydrogen) atoms. The van der Waals surface area contributed by atoms with Gasteiger partial charge in [0, 0.05) is 11.6 Å². The molecule has 0 heterocycles. The molecule has 0 bridgehead atoms. The molecule has 1 unspecified atom stereocenters. The Bertz CT molecular complexity index is 556. The van der Waals surface area contributed by atoms with Gasteiger partial charge < -0.3 is 10.5 Å². The predicted molar refractivity (Wildman–Crippen MR) is 79.3 cm³/mol. The lowest BCUT2D eigenvalue weighted by Crippen LogP contribution is -2.15. The highest BCUT2D eigenvalue weighted by Crippen LogP contribution is 2.26. The highest BCUT2D eigenvalue weighted by molar-refractivity contribution is 5.36. The minimum absolute atomic E-state index is 0.204. The molecule has 0 aliphatic carbocycles. The van der Waals surface area contributed by atoms with Gasteiger partial charge in [-0.2, -0.15) is 0 Å². The summed E-state index contributed by atoms with van der Waals surface area (Å²) in [5.41, 5.74) is 8.10. The van der Waals surface area contributed by atoms with Crippen LogP contribution in [0.3, 0.4) is 0 Å². The first-order valence-corrected chi connectivity index (χ1v) is 6.92.